The van der Waals surface area contributed by atoms with E-state index in [9.17, 15) is 24.3 Å². The molecule has 0 saturated carbocycles. The smallest absolute Gasteiger partial charge is 0.327 e. The zero-order valence-corrected chi connectivity index (χ0v) is 22.3. The SMILES string of the molecule is N[C@@H](CS)C(=O)N[C@@H](Cc1ccccc1)C(=O)N[C@@H](Cc1c[nH]c2ccccc12)C(=O)N[C@@H](CS)C(=O)O. The van der Waals surface area contributed by atoms with Crippen LogP contribution in [0.3, 0.4) is 0 Å². The lowest BCUT2D eigenvalue weighted by Crippen LogP contribution is -2.58. The molecule has 0 aliphatic carbocycles. The van der Waals surface area contributed by atoms with Crippen LogP contribution < -0.4 is 21.7 Å². The van der Waals surface area contributed by atoms with Crippen molar-refractivity contribution in [1.82, 2.24) is 20.9 Å². The Hall–Kier alpha value is -3.48. The number of para-hydroxylation sites is 1. The number of hydrogen-bond donors (Lipinski definition) is 8. The standard InChI is InChI=1S/C26H31N5O5S2/c27-18(13-37)23(32)29-20(10-15-6-2-1-3-7-15)24(33)30-21(25(34)31-22(14-38)26(35)36)11-16-12-28-19-9-5-4-8-17(16)19/h1-9,12,18,20-22,28,37-38H,10-11,13-14,27H2,(H,29,32)(H,30,33)(H,31,34)(H,35,36)/t18-,20-,21-,22-/m0/s1. The van der Waals surface area contributed by atoms with E-state index in [1.807, 2.05) is 54.6 Å². The third kappa shape index (κ3) is 7.76. The molecule has 10 nitrogen and oxygen atoms in total. The van der Waals surface area contributed by atoms with Gasteiger partial charge in [-0.1, -0.05) is 48.5 Å². The summed E-state index contributed by atoms with van der Waals surface area (Å²) in [6.07, 6.45) is 1.95. The number of thiol groups is 2. The van der Waals surface area contributed by atoms with E-state index in [2.05, 4.69) is 46.2 Å². The van der Waals surface area contributed by atoms with E-state index in [4.69, 9.17) is 5.73 Å². The number of carbonyl (C=O) groups excluding carboxylic acids is 3. The van der Waals surface area contributed by atoms with Gasteiger partial charge in [-0.2, -0.15) is 25.3 Å². The fourth-order valence-corrected chi connectivity index (χ4v) is 4.29. The van der Waals surface area contributed by atoms with E-state index in [1.165, 1.54) is 0 Å². The Kier molecular flexibility index (Phi) is 10.6. The van der Waals surface area contributed by atoms with Gasteiger partial charge in [-0.15, -0.1) is 0 Å². The summed E-state index contributed by atoms with van der Waals surface area (Å²) in [4.78, 5) is 53.9. The number of rotatable bonds is 13. The van der Waals surface area contributed by atoms with E-state index in [0.29, 0.717) is 0 Å². The first-order chi connectivity index (χ1) is 18.2. The van der Waals surface area contributed by atoms with Crippen molar-refractivity contribution >= 4 is 59.9 Å². The summed E-state index contributed by atoms with van der Waals surface area (Å²) in [5, 5.41) is 18.0. The van der Waals surface area contributed by atoms with E-state index in [1.54, 1.807) is 6.20 Å². The summed E-state index contributed by atoms with van der Waals surface area (Å²) in [7, 11) is 0. The first kappa shape index (κ1) is 29.1. The Balaban J connectivity index is 1.88. The summed E-state index contributed by atoms with van der Waals surface area (Å²) >= 11 is 8.06. The maximum Gasteiger partial charge on any atom is 0.327 e. The van der Waals surface area contributed by atoms with Gasteiger partial charge in [0.05, 0.1) is 6.04 Å². The predicted octanol–water partition coefficient (Wildman–Crippen LogP) is 0.679. The Morgan fingerprint density at radius 1 is 0.789 bits per heavy atom. The summed E-state index contributed by atoms with van der Waals surface area (Å²) in [6.45, 7) is 0. The number of carboxylic acid groups (broad SMARTS) is 1. The molecule has 38 heavy (non-hydrogen) atoms. The first-order valence-corrected chi connectivity index (χ1v) is 13.2. The molecule has 1 aromatic heterocycles. The fraction of sp³-hybridized carbons (Fsp3) is 0.308. The quantitative estimate of drug-likeness (QED) is 0.144. The van der Waals surface area contributed by atoms with Crippen molar-refractivity contribution in [3.63, 3.8) is 0 Å². The number of amides is 3. The number of fused-ring (bicyclic) bond motifs is 1. The zero-order chi connectivity index (χ0) is 27.7. The van der Waals surface area contributed by atoms with Gasteiger partial charge in [-0.3, -0.25) is 14.4 Å². The second-order valence-corrected chi connectivity index (χ2v) is 9.48. The minimum atomic E-state index is -1.25. The summed E-state index contributed by atoms with van der Waals surface area (Å²) in [5.74, 6) is -3.18. The Labute approximate surface area is 230 Å². The van der Waals surface area contributed by atoms with Gasteiger partial charge in [-0.05, 0) is 17.2 Å². The Bertz CT molecular complexity index is 1270. The third-order valence-corrected chi connectivity index (χ3v) is 6.74. The van der Waals surface area contributed by atoms with E-state index in [0.717, 1.165) is 22.0 Å². The highest BCUT2D eigenvalue weighted by Crippen LogP contribution is 2.19. The summed E-state index contributed by atoms with van der Waals surface area (Å²) in [6, 6.07) is 12.2. The highest BCUT2D eigenvalue weighted by molar-refractivity contribution is 7.80. The second-order valence-electron chi connectivity index (χ2n) is 8.75. The lowest BCUT2D eigenvalue weighted by atomic mass is 10.0. The van der Waals surface area contributed by atoms with Crippen LogP contribution in [0.15, 0.2) is 60.8 Å². The molecule has 0 spiro atoms. The maximum absolute atomic E-state index is 13.5. The number of benzene rings is 2. The van der Waals surface area contributed by atoms with E-state index < -0.39 is 47.9 Å². The average molecular weight is 558 g/mol. The molecule has 0 aliphatic rings. The molecule has 0 radical (unpaired) electrons. The van der Waals surface area contributed by atoms with Gasteiger partial charge in [0, 0.05) is 41.4 Å². The minimum absolute atomic E-state index is 0.0721. The molecule has 3 aromatic rings. The van der Waals surface area contributed by atoms with Crippen molar-refractivity contribution in [3.8, 4) is 0 Å². The topological polar surface area (TPSA) is 166 Å². The number of aliphatic carboxylic acids is 1. The van der Waals surface area contributed by atoms with Crippen LogP contribution in [0.1, 0.15) is 11.1 Å². The van der Waals surface area contributed by atoms with Crippen LogP contribution in [0.5, 0.6) is 0 Å². The van der Waals surface area contributed by atoms with Crippen LogP contribution in [-0.4, -0.2) is 69.5 Å². The van der Waals surface area contributed by atoms with Crippen LogP contribution in [-0.2, 0) is 32.0 Å². The van der Waals surface area contributed by atoms with Gasteiger partial charge >= 0.3 is 5.97 Å². The number of H-pyrrole nitrogens is 1. The van der Waals surface area contributed by atoms with Gasteiger partial charge < -0.3 is 31.8 Å². The van der Waals surface area contributed by atoms with Gasteiger partial charge in [0.1, 0.15) is 18.1 Å². The van der Waals surface area contributed by atoms with Crippen LogP contribution in [0.2, 0.25) is 0 Å². The first-order valence-electron chi connectivity index (χ1n) is 11.9. The van der Waals surface area contributed by atoms with Crippen molar-refractivity contribution in [1.29, 1.82) is 0 Å². The fourth-order valence-electron chi connectivity index (χ4n) is 3.88. The maximum atomic E-state index is 13.5. The highest BCUT2D eigenvalue weighted by atomic mass is 32.1. The zero-order valence-electron chi connectivity index (χ0n) is 20.5. The largest absolute Gasteiger partial charge is 0.480 e. The molecule has 3 rings (SSSR count). The lowest BCUT2D eigenvalue weighted by Gasteiger charge is -2.25. The van der Waals surface area contributed by atoms with Crippen LogP contribution >= 0.6 is 25.3 Å². The molecule has 4 atom stereocenters. The van der Waals surface area contributed by atoms with Crippen LogP contribution in [0.4, 0.5) is 0 Å². The molecule has 0 aliphatic heterocycles. The molecule has 0 bridgehead atoms. The molecule has 7 N–H and O–H groups in total. The molecule has 12 heteroatoms. The van der Waals surface area contributed by atoms with Gasteiger partial charge in [-0.25, -0.2) is 4.79 Å². The number of carboxylic acids is 1. The van der Waals surface area contributed by atoms with Gasteiger partial charge in [0.2, 0.25) is 17.7 Å². The summed E-state index contributed by atoms with van der Waals surface area (Å²) in [5.41, 5.74) is 8.18. The second kappa shape index (κ2) is 13.9. The van der Waals surface area contributed by atoms with Crippen molar-refractivity contribution in [2.75, 3.05) is 11.5 Å². The highest BCUT2D eigenvalue weighted by Gasteiger charge is 2.30. The number of nitrogens with two attached hydrogens (primary N) is 1. The molecule has 3 amide bonds. The molecule has 0 fully saturated rings. The molecular weight excluding hydrogens is 526 g/mol. The lowest BCUT2D eigenvalue weighted by molar-refractivity contribution is -0.141. The van der Waals surface area contributed by atoms with Crippen molar-refractivity contribution in [3.05, 3.63) is 71.9 Å². The van der Waals surface area contributed by atoms with E-state index >= 15 is 0 Å². The third-order valence-electron chi connectivity index (χ3n) is 5.98. The van der Waals surface area contributed by atoms with Gasteiger partial charge in [0.25, 0.3) is 0 Å². The number of nitrogens with one attached hydrogen (secondary N) is 4. The predicted molar refractivity (Wildman–Crippen MR) is 151 cm³/mol. The van der Waals surface area contributed by atoms with E-state index in [-0.39, 0.29) is 24.3 Å². The molecule has 1 heterocycles. The molecular formula is C26H31N5O5S2. The average Bonchev–Trinajstić information content (AvgIpc) is 3.33. The Morgan fingerprint density at radius 2 is 1.37 bits per heavy atom. The van der Waals surface area contributed by atoms with Crippen LogP contribution in [0, 0.1) is 0 Å². The number of aromatic amines is 1. The molecule has 2 aromatic carbocycles. The number of carbonyl (C=O) groups is 4. The molecule has 0 unspecified atom stereocenters. The van der Waals surface area contributed by atoms with Gasteiger partial charge in [0.15, 0.2) is 0 Å². The molecule has 202 valence electrons. The van der Waals surface area contributed by atoms with Crippen molar-refractivity contribution in [2.24, 2.45) is 5.73 Å². The van der Waals surface area contributed by atoms with Crippen molar-refractivity contribution < 1.29 is 24.3 Å². The molecule has 0 saturated heterocycles. The Morgan fingerprint density at radius 3 is 2.00 bits per heavy atom. The van der Waals surface area contributed by atoms with Crippen molar-refractivity contribution in [2.45, 2.75) is 37.0 Å². The number of hydrogen-bond acceptors (Lipinski definition) is 7. The van der Waals surface area contributed by atoms with Crippen LogP contribution in [0.25, 0.3) is 10.9 Å². The minimum Gasteiger partial charge on any atom is -0.480 e. The summed E-state index contributed by atoms with van der Waals surface area (Å²) < 4.78 is 0. The normalized spacial score (nSPS) is 14.2. The number of aromatic nitrogens is 1. The monoisotopic (exact) mass is 557 g/mol.